The first-order chi connectivity index (χ1) is 8.43. The van der Waals surface area contributed by atoms with Crippen molar-refractivity contribution in [2.75, 3.05) is 19.4 Å². The van der Waals surface area contributed by atoms with Gasteiger partial charge in [0, 0.05) is 11.7 Å². The van der Waals surface area contributed by atoms with E-state index in [1.165, 1.54) is 6.92 Å². The van der Waals surface area contributed by atoms with Crippen LogP contribution in [0.1, 0.15) is 13.8 Å². The lowest BCUT2D eigenvalue weighted by Gasteiger charge is -2.26. The Morgan fingerprint density at radius 1 is 1.17 bits per heavy atom. The summed E-state index contributed by atoms with van der Waals surface area (Å²) in [5.74, 6) is -1.03. The minimum atomic E-state index is -0.653. The van der Waals surface area contributed by atoms with E-state index in [1.807, 2.05) is 44.1 Å². The number of carbonyl (C=O) groups is 2. The van der Waals surface area contributed by atoms with Gasteiger partial charge < -0.3 is 10.2 Å². The zero-order valence-corrected chi connectivity index (χ0v) is 11.3. The Labute approximate surface area is 108 Å². The van der Waals surface area contributed by atoms with Crippen LogP contribution in [0.3, 0.4) is 0 Å². The number of amides is 1. The average molecular weight is 248 g/mol. The third kappa shape index (κ3) is 3.67. The fourth-order valence-electron chi connectivity index (χ4n) is 1.78. The van der Waals surface area contributed by atoms with Crippen LogP contribution in [0.15, 0.2) is 30.3 Å². The van der Waals surface area contributed by atoms with Gasteiger partial charge in [-0.1, -0.05) is 18.2 Å². The van der Waals surface area contributed by atoms with Crippen LogP contribution < -0.4 is 5.32 Å². The predicted molar refractivity (Wildman–Crippen MR) is 72.4 cm³/mol. The maximum absolute atomic E-state index is 12.1. The second-order valence-electron chi connectivity index (χ2n) is 4.65. The van der Waals surface area contributed by atoms with E-state index in [2.05, 4.69) is 5.32 Å². The highest BCUT2D eigenvalue weighted by molar-refractivity contribution is 6.07. The van der Waals surface area contributed by atoms with Crippen LogP contribution in [0.5, 0.6) is 0 Å². The number of hydrogen-bond acceptors (Lipinski definition) is 3. The topological polar surface area (TPSA) is 49.4 Å². The Kier molecular flexibility index (Phi) is 5.04. The maximum Gasteiger partial charge on any atom is 0.236 e. The van der Waals surface area contributed by atoms with Gasteiger partial charge in [-0.25, -0.2) is 0 Å². The number of carbonyl (C=O) groups excluding carboxylic acids is 2. The molecule has 0 spiro atoms. The SMILES string of the molecule is CC(=O)[C@@H](C(=O)Nc1ccccc1)[C@H](C)N(C)C. The molecule has 0 aromatic heterocycles. The molecule has 1 N–H and O–H groups in total. The Bertz CT molecular complexity index is 415. The molecule has 0 fully saturated rings. The fraction of sp³-hybridized carbons (Fsp3) is 0.429. The van der Waals surface area contributed by atoms with Gasteiger partial charge in [-0.15, -0.1) is 0 Å². The molecule has 0 unspecified atom stereocenters. The van der Waals surface area contributed by atoms with Crippen molar-refractivity contribution in [1.29, 1.82) is 0 Å². The van der Waals surface area contributed by atoms with Crippen LogP contribution in [-0.4, -0.2) is 36.7 Å². The third-order valence-electron chi connectivity index (χ3n) is 3.06. The van der Waals surface area contributed by atoms with Gasteiger partial charge in [-0.2, -0.15) is 0 Å². The van der Waals surface area contributed by atoms with Gasteiger partial charge in [-0.05, 0) is 40.1 Å². The fourth-order valence-corrected chi connectivity index (χ4v) is 1.78. The first-order valence-electron chi connectivity index (χ1n) is 5.96. The van der Waals surface area contributed by atoms with Crippen LogP contribution in [0.2, 0.25) is 0 Å². The lowest BCUT2D eigenvalue weighted by atomic mass is 9.95. The van der Waals surface area contributed by atoms with Gasteiger partial charge in [0.1, 0.15) is 11.7 Å². The van der Waals surface area contributed by atoms with E-state index in [1.54, 1.807) is 12.1 Å². The first-order valence-corrected chi connectivity index (χ1v) is 5.96. The van der Waals surface area contributed by atoms with Crippen molar-refractivity contribution in [3.63, 3.8) is 0 Å². The molecule has 18 heavy (non-hydrogen) atoms. The van der Waals surface area contributed by atoms with Crippen molar-refractivity contribution < 1.29 is 9.59 Å². The molecule has 2 atom stereocenters. The van der Waals surface area contributed by atoms with Gasteiger partial charge >= 0.3 is 0 Å². The molecule has 0 radical (unpaired) electrons. The van der Waals surface area contributed by atoms with Gasteiger partial charge in [0.25, 0.3) is 0 Å². The van der Waals surface area contributed by atoms with Crippen LogP contribution >= 0.6 is 0 Å². The molecule has 1 aromatic carbocycles. The van der Waals surface area contributed by atoms with Crippen LogP contribution in [-0.2, 0) is 9.59 Å². The Balaban J connectivity index is 2.81. The summed E-state index contributed by atoms with van der Waals surface area (Å²) in [6, 6.07) is 9.03. The van der Waals surface area contributed by atoms with Gasteiger partial charge in [0.2, 0.25) is 5.91 Å². The van der Waals surface area contributed by atoms with Crippen molar-refractivity contribution >= 4 is 17.4 Å². The molecular formula is C14H20N2O2. The van der Waals surface area contributed by atoms with Crippen molar-refractivity contribution in [2.24, 2.45) is 5.92 Å². The van der Waals surface area contributed by atoms with Crippen molar-refractivity contribution in [2.45, 2.75) is 19.9 Å². The van der Waals surface area contributed by atoms with Crippen LogP contribution in [0, 0.1) is 5.92 Å². The smallest absolute Gasteiger partial charge is 0.236 e. The van der Waals surface area contributed by atoms with Crippen LogP contribution in [0.4, 0.5) is 5.69 Å². The summed E-state index contributed by atoms with van der Waals surface area (Å²) in [6.45, 7) is 3.33. The number of hydrogen-bond donors (Lipinski definition) is 1. The summed E-state index contributed by atoms with van der Waals surface area (Å²) in [4.78, 5) is 25.6. The molecule has 0 aliphatic heterocycles. The molecule has 1 aromatic rings. The molecule has 98 valence electrons. The minimum Gasteiger partial charge on any atom is -0.325 e. The molecule has 4 heteroatoms. The standard InChI is InChI=1S/C14H20N2O2/c1-10(16(3)4)13(11(2)17)14(18)15-12-8-6-5-7-9-12/h5-10,13H,1-4H3,(H,15,18)/t10-,13-/m0/s1. The summed E-state index contributed by atoms with van der Waals surface area (Å²) >= 11 is 0. The zero-order chi connectivity index (χ0) is 13.7. The summed E-state index contributed by atoms with van der Waals surface area (Å²) in [6.07, 6.45) is 0. The average Bonchev–Trinajstić information content (AvgIpc) is 2.29. The second kappa shape index (κ2) is 6.31. The lowest BCUT2D eigenvalue weighted by Crippen LogP contribution is -2.43. The molecule has 0 aliphatic carbocycles. The summed E-state index contributed by atoms with van der Waals surface area (Å²) < 4.78 is 0. The highest BCUT2D eigenvalue weighted by Gasteiger charge is 2.30. The monoisotopic (exact) mass is 248 g/mol. The Morgan fingerprint density at radius 3 is 2.17 bits per heavy atom. The molecule has 4 nitrogen and oxygen atoms in total. The van der Waals surface area contributed by atoms with E-state index in [0.29, 0.717) is 5.69 Å². The summed E-state index contributed by atoms with van der Waals surface area (Å²) in [7, 11) is 3.72. The minimum absolute atomic E-state index is 0.121. The molecule has 1 amide bonds. The number of nitrogens with zero attached hydrogens (tertiary/aromatic N) is 1. The number of anilines is 1. The van der Waals surface area contributed by atoms with E-state index < -0.39 is 5.92 Å². The quantitative estimate of drug-likeness (QED) is 0.808. The second-order valence-corrected chi connectivity index (χ2v) is 4.65. The molecule has 0 aliphatic rings. The normalized spacial score (nSPS) is 14.1. The number of ketones is 1. The molecular weight excluding hydrogens is 228 g/mol. The summed E-state index contributed by atoms with van der Waals surface area (Å²) in [5.41, 5.74) is 0.708. The lowest BCUT2D eigenvalue weighted by molar-refractivity contribution is -0.132. The zero-order valence-electron chi connectivity index (χ0n) is 11.3. The van der Waals surface area contributed by atoms with Gasteiger partial charge in [0.15, 0.2) is 0 Å². The van der Waals surface area contributed by atoms with Crippen LogP contribution in [0.25, 0.3) is 0 Å². The van der Waals surface area contributed by atoms with Crippen molar-refractivity contribution in [1.82, 2.24) is 4.90 Å². The number of para-hydroxylation sites is 1. The largest absolute Gasteiger partial charge is 0.325 e. The highest BCUT2D eigenvalue weighted by Crippen LogP contribution is 2.14. The first kappa shape index (κ1) is 14.4. The van der Waals surface area contributed by atoms with Gasteiger partial charge in [0.05, 0.1) is 0 Å². The highest BCUT2D eigenvalue weighted by atomic mass is 16.2. The van der Waals surface area contributed by atoms with Crippen molar-refractivity contribution in [3.8, 4) is 0 Å². The van der Waals surface area contributed by atoms with E-state index >= 15 is 0 Å². The Morgan fingerprint density at radius 2 is 1.72 bits per heavy atom. The maximum atomic E-state index is 12.1. The molecule has 0 bridgehead atoms. The van der Waals surface area contributed by atoms with Gasteiger partial charge in [-0.3, -0.25) is 9.59 Å². The molecule has 0 saturated heterocycles. The third-order valence-corrected chi connectivity index (χ3v) is 3.06. The number of benzene rings is 1. The van der Waals surface area contributed by atoms with E-state index in [-0.39, 0.29) is 17.7 Å². The number of Topliss-reactive ketones (excluding diaryl/α,β-unsaturated/α-hetero) is 1. The molecule has 1 rings (SSSR count). The van der Waals surface area contributed by atoms with E-state index in [9.17, 15) is 9.59 Å². The number of nitrogens with one attached hydrogen (secondary N) is 1. The van der Waals surface area contributed by atoms with E-state index in [0.717, 1.165) is 0 Å². The predicted octanol–water partition coefficient (Wildman–Crippen LogP) is 1.78. The Hall–Kier alpha value is -1.68. The summed E-state index contributed by atoms with van der Waals surface area (Å²) in [5, 5.41) is 2.77. The van der Waals surface area contributed by atoms with E-state index in [4.69, 9.17) is 0 Å². The molecule has 0 saturated carbocycles. The molecule has 0 heterocycles. The van der Waals surface area contributed by atoms with Crippen molar-refractivity contribution in [3.05, 3.63) is 30.3 Å². The number of rotatable bonds is 5.